The highest BCUT2D eigenvalue weighted by Crippen LogP contribution is 2.23. The van der Waals surface area contributed by atoms with Gasteiger partial charge in [0.1, 0.15) is 5.82 Å². The number of hydrogen-bond donors (Lipinski definition) is 1. The van der Waals surface area contributed by atoms with Crippen molar-refractivity contribution in [1.82, 2.24) is 4.90 Å². The van der Waals surface area contributed by atoms with Crippen LogP contribution in [-0.2, 0) is 19.5 Å². The van der Waals surface area contributed by atoms with Gasteiger partial charge < -0.3 is 5.73 Å². The minimum absolute atomic E-state index is 0.198. The van der Waals surface area contributed by atoms with Crippen molar-refractivity contribution in [3.05, 3.63) is 63.4 Å². The first-order chi connectivity index (χ1) is 9.60. The lowest BCUT2D eigenvalue weighted by Gasteiger charge is -2.29. The monoisotopic (exact) mass is 334 g/mol. The van der Waals surface area contributed by atoms with Crippen LogP contribution < -0.4 is 5.73 Å². The summed E-state index contributed by atoms with van der Waals surface area (Å²) in [4.78, 5) is 2.32. The number of nitrogens with zero attached hydrogens (tertiary/aromatic N) is 1. The van der Waals surface area contributed by atoms with Crippen LogP contribution in [0.3, 0.4) is 0 Å². The van der Waals surface area contributed by atoms with Crippen LogP contribution >= 0.6 is 15.9 Å². The van der Waals surface area contributed by atoms with Crippen LogP contribution in [0.25, 0.3) is 0 Å². The standard InChI is InChI=1S/C16H16BrFN2/c17-14-5-11(6-15(18)8-14)9-20-4-3-12-1-2-16(19)7-13(12)10-20/h1-2,5-8H,3-4,9-10,19H2. The molecule has 20 heavy (non-hydrogen) atoms. The molecule has 0 bridgehead atoms. The molecule has 0 amide bonds. The molecule has 1 aliphatic heterocycles. The zero-order chi connectivity index (χ0) is 14.1. The van der Waals surface area contributed by atoms with Crippen LogP contribution in [0.5, 0.6) is 0 Å². The van der Waals surface area contributed by atoms with Crippen LogP contribution in [-0.4, -0.2) is 11.4 Å². The fraction of sp³-hybridized carbons (Fsp3) is 0.250. The Morgan fingerprint density at radius 1 is 1.15 bits per heavy atom. The van der Waals surface area contributed by atoms with Crippen molar-refractivity contribution in [2.75, 3.05) is 12.3 Å². The molecule has 0 unspecified atom stereocenters. The first-order valence-electron chi connectivity index (χ1n) is 6.65. The topological polar surface area (TPSA) is 29.3 Å². The van der Waals surface area contributed by atoms with E-state index in [1.807, 2.05) is 18.2 Å². The Hall–Kier alpha value is -1.39. The van der Waals surface area contributed by atoms with Gasteiger partial charge in [0.25, 0.3) is 0 Å². The van der Waals surface area contributed by atoms with E-state index in [-0.39, 0.29) is 5.82 Å². The number of nitrogen functional groups attached to an aromatic ring is 1. The second kappa shape index (κ2) is 5.54. The Labute approximate surface area is 126 Å². The van der Waals surface area contributed by atoms with Crippen molar-refractivity contribution >= 4 is 21.6 Å². The van der Waals surface area contributed by atoms with Gasteiger partial charge in [-0.3, -0.25) is 4.90 Å². The molecule has 2 aromatic rings. The molecule has 1 aliphatic rings. The van der Waals surface area contributed by atoms with E-state index in [9.17, 15) is 4.39 Å². The van der Waals surface area contributed by atoms with E-state index >= 15 is 0 Å². The third kappa shape index (κ3) is 3.02. The van der Waals surface area contributed by atoms with E-state index in [1.54, 1.807) is 6.07 Å². The van der Waals surface area contributed by atoms with Crippen LogP contribution in [0.15, 0.2) is 40.9 Å². The second-order valence-electron chi connectivity index (χ2n) is 5.27. The number of rotatable bonds is 2. The molecule has 2 aromatic carbocycles. The largest absolute Gasteiger partial charge is 0.399 e. The molecule has 0 fully saturated rings. The van der Waals surface area contributed by atoms with Gasteiger partial charge in [0.05, 0.1) is 0 Å². The molecule has 0 saturated carbocycles. The van der Waals surface area contributed by atoms with Crippen molar-refractivity contribution in [3.8, 4) is 0 Å². The first kappa shape index (κ1) is 13.6. The van der Waals surface area contributed by atoms with Gasteiger partial charge in [0, 0.05) is 29.8 Å². The Balaban J connectivity index is 1.77. The molecule has 0 aromatic heterocycles. The Bertz CT molecular complexity index is 622. The molecule has 2 nitrogen and oxygen atoms in total. The SMILES string of the molecule is Nc1ccc2c(c1)CN(Cc1cc(F)cc(Br)c1)CC2. The maximum atomic E-state index is 13.4. The van der Waals surface area contributed by atoms with Crippen LogP contribution in [0.4, 0.5) is 10.1 Å². The minimum Gasteiger partial charge on any atom is -0.399 e. The second-order valence-corrected chi connectivity index (χ2v) is 6.18. The van der Waals surface area contributed by atoms with E-state index < -0.39 is 0 Å². The molecule has 0 saturated heterocycles. The smallest absolute Gasteiger partial charge is 0.124 e. The highest BCUT2D eigenvalue weighted by molar-refractivity contribution is 9.10. The van der Waals surface area contributed by atoms with Crippen molar-refractivity contribution in [1.29, 1.82) is 0 Å². The van der Waals surface area contributed by atoms with Gasteiger partial charge in [-0.15, -0.1) is 0 Å². The van der Waals surface area contributed by atoms with E-state index in [0.29, 0.717) is 0 Å². The van der Waals surface area contributed by atoms with Crippen molar-refractivity contribution < 1.29 is 4.39 Å². The Morgan fingerprint density at radius 3 is 2.80 bits per heavy atom. The zero-order valence-corrected chi connectivity index (χ0v) is 12.7. The average Bonchev–Trinajstić information content (AvgIpc) is 2.37. The van der Waals surface area contributed by atoms with Crippen LogP contribution in [0, 0.1) is 5.82 Å². The zero-order valence-electron chi connectivity index (χ0n) is 11.1. The van der Waals surface area contributed by atoms with Gasteiger partial charge in [-0.25, -0.2) is 4.39 Å². The lowest BCUT2D eigenvalue weighted by Crippen LogP contribution is -2.30. The molecular weight excluding hydrogens is 319 g/mol. The number of halogens is 2. The van der Waals surface area contributed by atoms with Gasteiger partial charge in [0.15, 0.2) is 0 Å². The molecule has 0 atom stereocenters. The predicted octanol–water partition coefficient (Wildman–Crippen LogP) is 3.73. The normalized spacial score (nSPS) is 15.1. The molecule has 2 N–H and O–H groups in total. The number of benzene rings is 2. The van der Waals surface area contributed by atoms with Gasteiger partial charge in [0.2, 0.25) is 0 Å². The highest BCUT2D eigenvalue weighted by Gasteiger charge is 2.16. The summed E-state index contributed by atoms with van der Waals surface area (Å²) in [5.41, 5.74) is 10.3. The lowest BCUT2D eigenvalue weighted by atomic mass is 9.98. The summed E-state index contributed by atoms with van der Waals surface area (Å²) in [6.07, 6.45) is 1.02. The van der Waals surface area contributed by atoms with Gasteiger partial charge >= 0.3 is 0 Å². The summed E-state index contributed by atoms with van der Waals surface area (Å²) in [7, 11) is 0. The molecule has 104 valence electrons. The maximum Gasteiger partial charge on any atom is 0.124 e. The van der Waals surface area contributed by atoms with Crippen LogP contribution in [0.2, 0.25) is 0 Å². The average molecular weight is 335 g/mol. The maximum absolute atomic E-state index is 13.4. The molecule has 4 heteroatoms. The fourth-order valence-corrected chi connectivity index (χ4v) is 3.24. The lowest BCUT2D eigenvalue weighted by molar-refractivity contribution is 0.245. The quantitative estimate of drug-likeness (QED) is 0.848. The van der Waals surface area contributed by atoms with Gasteiger partial charge in [-0.1, -0.05) is 22.0 Å². The predicted molar refractivity (Wildman–Crippen MR) is 82.8 cm³/mol. The number of fused-ring (bicyclic) bond motifs is 1. The fourth-order valence-electron chi connectivity index (χ4n) is 2.73. The summed E-state index contributed by atoms with van der Waals surface area (Å²) in [6.45, 7) is 2.62. The summed E-state index contributed by atoms with van der Waals surface area (Å²) in [5.74, 6) is -0.198. The highest BCUT2D eigenvalue weighted by atomic mass is 79.9. The number of hydrogen-bond acceptors (Lipinski definition) is 2. The number of anilines is 1. The molecular formula is C16H16BrFN2. The van der Waals surface area contributed by atoms with Crippen LogP contribution in [0.1, 0.15) is 16.7 Å². The first-order valence-corrected chi connectivity index (χ1v) is 7.44. The Morgan fingerprint density at radius 2 is 2.00 bits per heavy atom. The summed E-state index contributed by atoms with van der Waals surface area (Å²) in [6, 6.07) is 11.2. The molecule has 3 rings (SSSR count). The molecule has 0 radical (unpaired) electrons. The van der Waals surface area contributed by atoms with E-state index in [2.05, 4.69) is 26.9 Å². The number of nitrogens with two attached hydrogens (primary N) is 1. The van der Waals surface area contributed by atoms with Gasteiger partial charge in [-0.2, -0.15) is 0 Å². The Kier molecular flexibility index (Phi) is 3.76. The minimum atomic E-state index is -0.198. The molecule has 1 heterocycles. The third-order valence-corrected chi connectivity index (χ3v) is 4.11. The van der Waals surface area contributed by atoms with E-state index in [1.165, 1.54) is 17.2 Å². The molecule has 0 spiro atoms. The van der Waals surface area contributed by atoms with Crippen molar-refractivity contribution in [2.24, 2.45) is 0 Å². The van der Waals surface area contributed by atoms with Crippen molar-refractivity contribution in [3.63, 3.8) is 0 Å². The summed E-state index contributed by atoms with van der Waals surface area (Å²) in [5, 5.41) is 0. The summed E-state index contributed by atoms with van der Waals surface area (Å²) >= 11 is 3.34. The molecule has 0 aliphatic carbocycles. The van der Waals surface area contributed by atoms with Gasteiger partial charge in [-0.05, 0) is 53.4 Å². The summed E-state index contributed by atoms with van der Waals surface area (Å²) < 4.78 is 14.2. The van der Waals surface area contributed by atoms with E-state index in [0.717, 1.165) is 41.8 Å². The van der Waals surface area contributed by atoms with Crippen molar-refractivity contribution in [2.45, 2.75) is 19.5 Å². The third-order valence-electron chi connectivity index (χ3n) is 3.65. The van der Waals surface area contributed by atoms with E-state index in [4.69, 9.17) is 5.73 Å².